The van der Waals surface area contributed by atoms with E-state index in [1.807, 2.05) is 49.0 Å². The van der Waals surface area contributed by atoms with E-state index < -0.39 is 5.41 Å². The SMILES string of the molecule is Cc1cc(C)c(NC(=S)NC(=O)C(C)(C)C)c(C(c2ccc(N(C)C)cc2)c2ccc(N(C)C)cc2)c1. The Bertz CT molecular complexity index is 1200. The summed E-state index contributed by atoms with van der Waals surface area (Å²) in [6, 6.07) is 21.8. The molecular weight excluding hydrogens is 476 g/mol. The van der Waals surface area contributed by atoms with Gasteiger partial charge in [0.05, 0.1) is 0 Å². The average molecular weight is 517 g/mol. The number of hydrogen-bond acceptors (Lipinski definition) is 4. The van der Waals surface area contributed by atoms with Gasteiger partial charge in [0.2, 0.25) is 5.91 Å². The zero-order valence-corrected chi connectivity index (χ0v) is 24.4. The molecule has 1 amide bonds. The molecule has 0 saturated carbocycles. The smallest absolute Gasteiger partial charge is 0.231 e. The standard InChI is InChI=1S/C31H40N4OS/c1-20-18-21(2)28(32-30(37)33-29(36)31(3,4)5)26(19-20)27(22-10-14-24(15-11-22)34(6)7)23-12-16-25(17-13-23)35(8)9/h10-19,27H,1-9H3,(H2,32,33,36,37). The van der Waals surface area contributed by atoms with E-state index in [4.69, 9.17) is 12.2 Å². The van der Waals surface area contributed by atoms with Crippen LogP contribution in [0.2, 0.25) is 0 Å². The van der Waals surface area contributed by atoms with E-state index in [-0.39, 0.29) is 11.8 Å². The average Bonchev–Trinajstić information content (AvgIpc) is 2.81. The second-order valence-electron chi connectivity index (χ2n) is 11.1. The molecule has 0 aliphatic carbocycles. The Labute approximate surface area is 227 Å². The number of anilines is 3. The van der Waals surface area contributed by atoms with Gasteiger partial charge in [-0.3, -0.25) is 4.79 Å². The zero-order valence-electron chi connectivity index (χ0n) is 23.6. The topological polar surface area (TPSA) is 47.6 Å². The third kappa shape index (κ3) is 6.89. The van der Waals surface area contributed by atoms with Crippen LogP contribution in [-0.2, 0) is 4.79 Å². The summed E-state index contributed by atoms with van der Waals surface area (Å²) in [5, 5.41) is 6.54. The summed E-state index contributed by atoms with van der Waals surface area (Å²) in [7, 11) is 8.19. The molecule has 0 aliphatic rings. The summed E-state index contributed by atoms with van der Waals surface area (Å²) < 4.78 is 0. The molecule has 5 nitrogen and oxygen atoms in total. The molecule has 2 N–H and O–H groups in total. The molecule has 6 heteroatoms. The molecule has 0 aliphatic heterocycles. The quantitative estimate of drug-likeness (QED) is 0.290. The summed E-state index contributed by atoms with van der Waals surface area (Å²) in [5.74, 6) is -0.152. The highest BCUT2D eigenvalue weighted by Crippen LogP contribution is 2.39. The van der Waals surface area contributed by atoms with Crippen LogP contribution < -0.4 is 20.4 Å². The van der Waals surface area contributed by atoms with E-state index in [9.17, 15) is 4.79 Å². The third-order valence-corrected chi connectivity index (χ3v) is 6.66. The Hall–Kier alpha value is -3.38. The number of thiocarbonyl (C=S) groups is 1. The van der Waals surface area contributed by atoms with Crippen molar-refractivity contribution in [3.8, 4) is 0 Å². The van der Waals surface area contributed by atoms with Gasteiger partial charge in [-0.05, 0) is 72.6 Å². The van der Waals surface area contributed by atoms with Crippen molar-refractivity contribution in [1.29, 1.82) is 0 Å². The minimum absolute atomic E-state index is 0.0327. The monoisotopic (exact) mass is 516 g/mol. The highest BCUT2D eigenvalue weighted by Gasteiger charge is 2.25. The third-order valence-electron chi connectivity index (χ3n) is 6.45. The molecule has 3 rings (SSSR count). The van der Waals surface area contributed by atoms with Gasteiger partial charge in [-0.25, -0.2) is 0 Å². The number of rotatable bonds is 6. The Morgan fingerprint density at radius 3 is 1.68 bits per heavy atom. The van der Waals surface area contributed by atoms with Crippen molar-refractivity contribution in [2.75, 3.05) is 43.3 Å². The maximum absolute atomic E-state index is 12.6. The molecule has 0 radical (unpaired) electrons. The van der Waals surface area contributed by atoms with Crippen LogP contribution in [0.3, 0.4) is 0 Å². The molecule has 0 spiro atoms. The van der Waals surface area contributed by atoms with Gasteiger partial charge in [0.25, 0.3) is 0 Å². The van der Waals surface area contributed by atoms with Gasteiger partial charge in [-0.1, -0.05) is 62.7 Å². The van der Waals surface area contributed by atoms with E-state index in [0.717, 1.165) is 28.2 Å². The molecule has 0 aromatic heterocycles. The highest BCUT2D eigenvalue weighted by molar-refractivity contribution is 7.80. The van der Waals surface area contributed by atoms with E-state index >= 15 is 0 Å². The normalized spacial score (nSPS) is 11.3. The first-order valence-corrected chi connectivity index (χ1v) is 13.0. The summed E-state index contributed by atoms with van der Waals surface area (Å²) in [6.07, 6.45) is 0. The number of nitrogens with one attached hydrogen (secondary N) is 2. The number of hydrogen-bond donors (Lipinski definition) is 2. The molecule has 3 aromatic carbocycles. The Balaban J connectivity index is 2.14. The molecule has 37 heavy (non-hydrogen) atoms. The summed E-state index contributed by atoms with van der Waals surface area (Å²) in [6.45, 7) is 9.81. The number of carbonyl (C=O) groups is 1. The van der Waals surface area contributed by atoms with Crippen LogP contribution in [0.15, 0.2) is 60.7 Å². The second-order valence-corrected chi connectivity index (χ2v) is 11.5. The lowest BCUT2D eigenvalue weighted by atomic mass is 9.82. The van der Waals surface area contributed by atoms with Gasteiger partial charge < -0.3 is 20.4 Å². The van der Waals surface area contributed by atoms with Crippen molar-refractivity contribution < 1.29 is 4.79 Å². The Kier molecular flexibility index (Phi) is 8.64. The van der Waals surface area contributed by atoms with Crippen LogP contribution >= 0.6 is 12.2 Å². The molecular formula is C31H40N4OS. The maximum atomic E-state index is 12.6. The zero-order chi connectivity index (χ0) is 27.5. The molecule has 0 atom stereocenters. The van der Waals surface area contributed by atoms with Gasteiger partial charge in [0, 0.05) is 56.6 Å². The minimum Gasteiger partial charge on any atom is -0.378 e. The number of amides is 1. The molecule has 0 bridgehead atoms. The van der Waals surface area contributed by atoms with Gasteiger partial charge in [-0.2, -0.15) is 0 Å². The van der Waals surface area contributed by atoms with Gasteiger partial charge in [0.1, 0.15) is 0 Å². The Morgan fingerprint density at radius 2 is 1.27 bits per heavy atom. The van der Waals surface area contributed by atoms with Crippen LogP contribution in [0.5, 0.6) is 0 Å². The van der Waals surface area contributed by atoms with Crippen molar-refractivity contribution in [2.45, 2.75) is 40.5 Å². The van der Waals surface area contributed by atoms with Crippen LogP contribution in [0, 0.1) is 19.3 Å². The van der Waals surface area contributed by atoms with Crippen LogP contribution in [0.4, 0.5) is 17.1 Å². The largest absolute Gasteiger partial charge is 0.378 e. The number of nitrogens with zero attached hydrogens (tertiary/aromatic N) is 2. The van der Waals surface area contributed by atoms with E-state index in [0.29, 0.717) is 5.11 Å². The minimum atomic E-state index is -0.540. The number of benzene rings is 3. The van der Waals surface area contributed by atoms with Gasteiger partial charge in [-0.15, -0.1) is 0 Å². The van der Waals surface area contributed by atoms with Crippen molar-refractivity contribution in [3.63, 3.8) is 0 Å². The van der Waals surface area contributed by atoms with E-state index in [1.54, 1.807) is 0 Å². The fraction of sp³-hybridized carbons (Fsp3) is 0.355. The molecule has 0 saturated heterocycles. The van der Waals surface area contributed by atoms with Crippen LogP contribution in [-0.4, -0.2) is 39.2 Å². The van der Waals surface area contributed by atoms with Gasteiger partial charge >= 0.3 is 0 Å². The summed E-state index contributed by atoms with van der Waals surface area (Å²) >= 11 is 5.59. The number of aryl methyl sites for hydroxylation is 2. The molecule has 0 fully saturated rings. The highest BCUT2D eigenvalue weighted by atomic mass is 32.1. The molecule has 0 heterocycles. The van der Waals surface area contributed by atoms with Crippen LogP contribution in [0.1, 0.15) is 54.5 Å². The van der Waals surface area contributed by atoms with Crippen molar-refractivity contribution in [1.82, 2.24) is 5.32 Å². The predicted molar refractivity (Wildman–Crippen MR) is 162 cm³/mol. The molecule has 3 aromatic rings. The predicted octanol–water partition coefficient (Wildman–Crippen LogP) is 6.47. The lowest BCUT2D eigenvalue weighted by Gasteiger charge is -2.26. The number of carbonyl (C=O) groups excluding carboxylic acids is 1. The molecule has 196 valence electrons. The first kappa shape index (κ1) is 28.2. The summed E-state index contributed by atoms with van der Waals surface area (Å²) in [4.78, 5) is 16.8. The second kappa shape index (κ2) is 11.3. The Morgan fingerprint density at radius 1 is 0.811 bits per heavy atom. The van der Waals surface area contributed by atoms with E-state index in [2.05, 4.69) is 94.9 Å². The maximum Gasteiger partial charge on any atom is 0.231 e. The lowest BCUT2D eigenvalue weighted by molar-refractivity contribution is -0.126. The summed E-state index contributed by atoms with van der Waals surface area (Å²) in [5.41, 5.74) is 8.39. The van der Waals surface area contributed by atoms with Crippen molar-refractivity contribution in [3.05, 3.63) is 88.5 Å². The first-order chi connectivity index (χ1) is 17.3. The van der Waals surface area contributed by atoms with Crippen molar-refractivity contribution in [2.24, 2.45) is 5.41 Å². The van der Waals surface area contributed by atoms with Gasteiger partial charge in [0.15, 0.2) is 5.11 Å². The van der Waals surface area contributed by atoms with Crippen molar-refractivity contribution >= 4 is 40.3 Å². The fourth-order valence-electron chi connectivity index (χ4n) is 4.32. The first-order valence-electron chi connectivity index (χ1n) is 12.6. The fourth-order valence-corrected chi connectivity index (χ4v) is 4.51. The van der Waals surface area contributed by atoms with Crippen LogP contribution in [0.25, 0.3) is 0 Å². The lowest BCUT2D eigenvalue weighted by Crippen LogP contribution is -2.41. The van der Waals surface area contributed by atoms with E-state index in [1.165, 1.54) is 16.7 Å². The molecule has 0 unspecified atom stereocenters.